The Bertz CT molecular complexity index is 853. The summed E-state index contributed by atoms with van der Waals surface area (Å²) in [6.45, 7) is 2.48. The van der Waals surface area contributed by atoms with Gasteiger partial charge in [0.1, 0.15) is 22.6 Å². The summed E-state index contributed by atoms with van der Waals surface area (Å²) in [4.78, 5) is 21.6. The van der Waals surface area contributed by atoms with E-state index in [1.54, 1.807) is 11.6 Å². The van der Waals surface area contributed by atoms with Crippen LogP contribution in [0.3, 0.4) is 0 Å². The molecule has 2 saturated heterocycles. The number of carbonyl (C=O) groups is 1. The maximum absolute atomic E-state index is 13.8. The number of nitrogens with one attached hydrogen (secondary N) is 3. The second kappa shape index (κ2) is 8.80. The van der Waals surface area contributed by atoms with Crippen LogP contribution in [0.2, 0.25) is 0 Å². The molecule has 2 aromatic heterocycles. The van der Waals surface area contributed by atoms with Gasteiger partial charge in [0.25, 0.3) is 5.91 Å². The van der Waals surface area contributed by atoms with E-state index < -0.39 is 12.2 Å². The zero-order chi connectivity index (χ0) is 20.4. The van der Waals surface area contributed by atoms with Gasteiger partial charge in [0.15, 0.2) is 0 Å². The second-order valence-electron chi connectivity index (χ2n) is 7.47. The highest BCUT2D eigenvalue weighted by Crippen LogP contribution is 2.25. The summed E-state index contributed by atoms with van der Waals surface area (Å²) in [6, 6.07) is 2.94. The first-order chi connectivity index (χ1) is 14.0. The van der Waals surface area contributed by atoms with E-state index >= 15 is 0 Å². The number of amides is 1. The molecule has 156 valence electrons. The SMILES string of the molecule is Cc1cccnc1-c1nc(C(=O)NC2CNNC2[C@@H]2CC[C@@H](N)[C@H](F)CO2)cs1. The number of ether oxygens (including phenoxy) is 1. The van der Waals surface area contributed by atoms with Crippen LogP contribution in [0.1, 0.15) is 28.9 Å². The quantitative estimate of drug-likeness (QED) is 0.582. The molecule has 0 radical (unpaired) electrons. The minimum atomic E-state index is -1.16. The molecule has 0 spiro atoms. The Morgan fingerprint density at radius 2 is 2.31 bits per heavy atom. The maximum atomic E-state index is 13.8. The number of nitrogens with zero attached hydrogens (tertiary/aromatic N) is 2. The number of rotatable bonds is 4. The van der Waals surface area contributed by atoms with Crippen molar-refractivity contribution in [3.63, 3.8) is 0 Å². The van der Waals surface area contributed by atoms with E-state index in [2.05, 4.69) is 26.1 Å². The highest BCUT2D eigenvalue weighted by atomic mass is 32.1. The van der Waals surface area contributed by atoms with E-state index in [1.165, 1.54) is 11.3 Å². The molecular weight excluding hydrogens is 395 g/mol. The van der Waals surface area contributed by atoms with Gasteiger partial charge in [0.2, 0.25) is 0 Å². The average Bonchev–Trinajstić information content (AvgIpc) is 3.34. The van der Waals surface area contributed by atoms with Gasteiger partial charge in [0.05, 0.1) is 24.8 Å². The Morgan fingerprint density at radius 1 is 1.45 bits per heavy atom. The Kier molecular flexibility index (Phi) is 6.16. The van der Waals surface area contributed by atoms with Crippen LogP contribution in [-0.4, -0.2) is 59.4 Å². The van der Waals surface area contributed by atoms with E-state index in [0.29, 0.717) is 30.1 Å². The molecule has 0 saturated carbocycles. The summed E-state index contributed by atoms with van der Waals surface area (Å²) < 4.78 is 19.6. The third kappa shape index (κ3) is 4.46. The maximum Gasteiger partial charge on any atom is 0.271 e. The van der Waals surface area contributed by atoms with Crippen molar-refractivity contribution in [1.29, 1.82) is 0 Å². The molecule has 8 nitrogen and oxygen atoms in total. The van der Waals surface area contributed by atoms with Gasteiger partial charge >= 0.3 is 0 Å². The van der Waals surface area contributed by atoms with E-state index in [0.717, 1.165) is 11.3 Å². The predicted molar refractivity (Wildman–Crippen MR) is 108 cm³/mol. The topological polar surface area (TPSA) is 114 Å². The molecule has 0 aliphatic carbocycles. The van der Waals surface area contributed by atoms with Gasteiger partial charge in [-0.25, -0.2) is 14.8 Å². The molecule has 5 N–H and O–H groups in total. The molecule has 2 aliphatic heterocycles. The van der Waals surface area contributed by atoms with Crippen molar-refractivity contribution in [2.75, 3.05) is 13.2 Å². The number of pyridine rings is 1. The van der Waals surface area contributed by atoms with Crippen LogP contribution in [0.25, 0.3) is 10.7 Å². The first-order valence-electron chi connectivity index (χ1n) is 9.71. The summed E-state index contributed by atoms with van der Waals surface area (Å²) in [5, 5.41) is 5.46. The molecule has 2 unspecified atom stereocenters. The van der Waals surface area contributed by atoms with Crippen molar-refractivity contribution < 1.29 is 13.9 Å². The standard InChI is InChI=1S/C19H25FN6O2S/c1-10-3-2-6-22-16(10)19-25-14(9-29-19)18(27)24-13-7-23-26-17(13)15-5-4-12(21)11(20)8-28-15/h2-3,6,9,11-13,15,17,23,26H,4-5,7-8,21H2,1H3,(H,24,27)/t11-,12-,13?,15+,17?/m1/s1. The first-order valence-corrected chi connectivity index (χ1v) is 10.6. The van der Waals surface area contributed by atoms with Crippen LogP contribution in [0.5, 0.6) is 0 Å². The fourth-order valence-corrected chi connectivity index (χ4v) is 4.55. The van der Waals surface area contributed by atoms with E-state index in [4.69, 9.17) is 10.5 Å². The molecule has 2 aliphatic rings. The van der Waals surface area contributed by atoms with E-state index in [9.17, 15) is 9.18 Å². The second-order valence-corrected chi connectivity index (χ2v) is 8.32. The number of aryl methyl sites for hydroxylation is 1. The molecule has 10 heteroatoms. The molecule has 29 heavy (non-hydrogen) atoms. The summed E-state index contributed by atoms with van der Waals surface area (Å²) in [6.07, 6.45) is 1.50. The highest BCUT2D eigenvalue weighted by Gasteiger charge is 2.38. The van der Waals surface area contributed by atoms with Crippen molar-refractivity contribution in [1.82, 2.24) is 26.1 Å². The van der Waals surface area contributed by atoms with Crippen LogP contribution >= 0.6 is 11.3 Å². The summed E-state index contributed by atoms with van der Waals surface area (Å²) >= 11 is 1.39. The zero-order valence-corrected chi connectivity index (χ0v) is 16.9. The van der Waals surface area contributed by atoms with Gasteiger partial charge < -0.3 is 15.8 Å². The van der Waals surface area contributed by atoms with Crippen LogP contribution in [0.4, 0.5) is 4.39 Å². The number of alkyl halides is 1. The molecule has 1 amide bonds. The van der Waals surface area contributed by atoms with Gasteiger partial charge in [-0.3, -0.25) is 15.2 Å². The average molecular weight is 421 g/mol. The van der Waals surface area contributed by atoms with Gasteiger partial charge in [-0.1, -0.05) is 6.07 Å². The molecule has 4 rings (SSSR count). The van der Waals surface area contributed by atoms with Crippen molar-refractivity contribution >= 4 is 17.2 Å². The number of hydrazine groups is 1. The third-order valence-corrected chi connectivity index (χ3v) is 6.26. The van der Waals surface area contributed by atoms with Gasteiger partial charge in [-0.2, -0.15) is 0 Å². The molecule has 5 atom stereocenters. The fraction of sp³-hybridized carbons (Fsp3) is 0.526. The number of nitrogens with two attached hydrogens (primary N) is 1. The zero-order valence-electron chi connectivity index (χ0n) is 16.1. The molecule has 4 heterocycles. The van der Waals surface area contributed by atoms with Crippen molar-refractivity contribution in [3.8, 4) is 10.7 Å². The van der Waals surface area contributed by atoms with Gasteiger partial charge in [0, 0.05) is 24.2 Å². The minimum Gasteiger partial charge on any atom is -0.373 e. The third-order valence-electron chi connectivity index (χ3n) is 5.41. The van der Waals surface area contributed by atoms with Crippen molar-refractivity contribution in [2.24, 2.45) is 5.73 Å². The molecule has 0 aromatic carbocycles. The lowest BCUT2D eigenvalue weighted by atomic mass is 9.98. The Labute approximate surface area is 172 Å². The number of halogens is 1. The van der Waals surface area contributed by atoms with Crippen LogP contribution in [0, 0.1) is 6.92 Å². The van der Waals surface area contributed by atoms with Crippen LogP contribution in [0.15, 0.2) is 23.7 Å². The number of hydrogen-bond donors (Lipinski definition) is 4. The fourth-order valence-electron chi connectivity index (χ4n) is 3.69. The lowest BCUT2D eigenvalue weighted by molar-refractivity contribution is 0.00621. The molecule has 2 fully saturated rings. The highest BCUT2D eigenvalue weighted by molar-refractivity contribution is 7.13. The summed E-state index contributed by atoms with van der Waals surface area (Å²) in [5.41, 5.74) is 14.2. The number of thiazole rings is 1. The molecule has 2 aromatic rings. The first kappa shape index (κ1) is 20.3. The van der Waals surface area contributed by atoms with Crippen LogP contribution < -0.4 is 21.9 Å². The van der Waals surface area contributed by atoms with E-state index in [-0.39, 0.29) is 30.7 Å². The van der Waals surface area contributed by atoms with Gasteiger partial charge in [-0.05, 0) is 31.4 Å². The van der Waals surface area contributed by atoms with Crippen LogP contribution in [-0.2, 0) is 4.74 Å². The molecular formula is C19H25FN6O2S. The Balaban J connectivity index is 1.42. The minimum absolute atomic E-state index is 0.0243. The normalized spacial score (nSPS) is 30.1. The lowest BCUT2D eigenvalue weighted by Crippen LogP contribution is -2.51. The van der Waals surface area contributed by atoms with Crippen molar-refractivity contribution in [2.45, 2.75) is 50.2 Å². The number of aromatic nitrogens is 2. The smallest absolute Gasteiger partial charge is 0.271 e. The predicted octanol–water partition coefficient (Wildman–Crippen LogP) is 0.933. The number of hydrogen-bond acceptors (Lipinski definition) is 8. The van der Waals surface area contributed by atoms with Crippen molar-refractivity contribution in [3.05, 3.63) is 35.0 Å². The Hall–Kier alpha value is -1.98. The number of carbonyl (C=O) groups excluding carboxylic acids is 1. The summed E-state index contributed by atoms with van der Waals surface area (Å²) in [7, 11) is 0. The monoisotopic (exact) mass is 420 g/mol. The van der Waals surface area contributed by atoms with Gasteiger partial charge in [-0.15, -0.1) is 11.3 Å². The summed E-state index contributed by atoms with van der Waals surface area (Å²) in [5.74, 6) is -0.254. The lowest BCUT2D eigenvalue weighted by Gasteiger charge is -2.27. The van der Waals surface area contributed by atoms with E-state index in [1.807, 2.05) is 19.1 Å². The Morgan fingerprint density at radius 3 is 3.14 bits per heavy atom. The largest absolute Gasteiger partial charge is 0.373 e. The molecule has 0 bridgehead atoms.